The van der Waals surface area contributed by atoms with Crippen molar-refractivity contribution in [1.82, 2.24) is 0 Å². The van der Waals surface area contributed by atoms with Gasteiger partial charge in [-0.2, -0.15) is 8.42 Å². The largest absolute Gasteiger partial charge is 0.299 e. The predicted molar refractivity (Wildman–Crippen MR) is 220 cm³/mol. The summed E-state index contributed by atoms with van der Waals surface area (Å²) in [5, 5.41) is 0. The first kappa shape index (κ1) is 40.8. The molecule has 286 valence electrons. The van der Waals surface area contributed by atoms with E-state index in [9.17, 15) is 4.79 Å². The molecule has 0 aromatic heterocycles. The maximum Gasteiger partial charge on any atom is 0.278 e. The molecule has 6 heteroatoms. The maximum atomic E-state index is 15.5. The summed E-state index contributed by atoms with van der Waals surface area (Å²) in [6.07, 6.45) is 1.92. The number of benzene rings is 3. The monoisotopic (exact) mass is 746 g/mol. The van der Waals surface area contributed by atoms with Gasteiger partial charge in [0.2, 0.25) is 0 Å². The summed E-state index contributed by atoms with van der Waals surface area (Å²) in [6, 6.07) is 19.5. The lowest BCUT2D eigenvalue weighted by Crippen LogP contribution is -2.42. The number of carbonyl (C=O) groups excluding carboxylic acids is 1. The van der Waals surface area contributed by atoms with Crippen LogP contribution in [0.2, 0.25) is 0 Å². The third kappa shape index (κ3) is 6.87. The zero-order valence-corrected chi connectivity index (χ0v) is 36.1. The third-order valence-electron chi connectivity index (χ3n) is 12.6. The Morgan fingerprint density at radius 1 is 0.654 bits per heavy atom. The molecule has 0 saturated heterocycles. The molecule has 2 fully saturated rings. The topological polar surface area (TPSA) is 60.4 Å². The van der Waals surface area contributed by atoms with Gasteiger partial charge in [0.05, 0.1) is 11.2 Å². The summed E-state index contributed by atoms with van der Waals surface area (Å²) < 4.78 is 38.3. The lowest BCUT2D eigenvalue weighted by molar-refractivity contribution is -0.128. The van der Waals surface area contributed by atoms with Crippen LogP contribution >= 0.6 is 10.3 Å². The molecule has 0 radical (unpaired) electrons. The molecule has 0 aliphatic heterocycles. The Balaban J connectivity index is 2.03. The maximum absolute atomic E-state index is 15.5. The number of carbonyl (C=O) groups is 1. The molecule has 2 unspecified atom stereocenters. The summed E-state index contributed by atoms with van der Waals surface area (Å²) in [5.41, 5.74) is 5.67. The Morgan fingerprint density at radius 2 is 1.06 bits per heavy atom. The lowest BCUT2D eigenvalue weighted by Gasteiger charge is -2.47. The zero-order chi connectivity index (χ0) is 38.7. The quantitative estimate of drug-likeness (QED) is 0.175. The summed E-state index contributed by atoms with van der Waals surface area (Å²) in [5.74, 6) is 0.963. The smallest absolute Gasteiger partial charge is 0.278 e. The van der Waals surface area contributed by atoms with E-state index in [1.54, 1.807) is 0 Å². The van der Waals surface area contributed by atoms with Crippen LogP contribution in [0.1, 0.15) is 185 Å². The second-order valence-electron chi connectivity index (χ2n) is 18.3. The van der Waals surface area contributed by atoms with Gasteiger partial charge in [-0.15, -0.1) is 0 Å². The zero-order valence-electron chi connectivity index (χ0n) is 34.5. The first-order chi connectivity index (χ1) is 24.1. The van der Waals surface area contributed by atoms with Crippen LogP contribution in [0.3, 0.4) is 0 Å². The lowest BCUT2D eigenvalue weighted by atomic mass is 9.70. The van der Waals surface area contributed by atoms with Gasteiger partial charge in [-0.3, -0.25) is 4.79 Å². The molecule has 2 aliphatic rings. The fourth-order valence-electron chi connectivity index (χ4n) is 9.09. The van der Waals surface area contributed by atoms with Gasteiger partial charge < -0.3 is 0 Å². The van der Waals surface area contributed by atoms with Gasteiger partial charge in [0.15, 0.2) is 0 Å². The second-order valence-corrected chi connectivity index (χ2v) is 22.6. The highest BCUT2D eigenvalue weighted by Gasteiger charge is 2.66. The van der Waals surface area contributed by atoms with E-state index in [-0.39, 0.29) is 41.1 Å². The first-order valence-corrected chi connectivity index (χ1v) is 23.0. The van der Waals surface area contributed by atoms with Crippen molar-refractivity contribution in [3.63, 3.8) is 0 Å². The van der Waals surface area contributed by atoms with Gasteiger partial charge in [-0.25, -0.2) is 3.63 Å². The molecule has 3 aromatic rings. The molecule has 0 N–H and O–H groups in total. The SMILES string of the molecule is CC(C)c1cc(C(C)C)c(S(OS(=O)(=O)CC23CCC(CC2=O)C3(C)C)(c2ccccc2)c2c(C(C)C)cc(C(C)C)cc2C(C)C)c(C(C)C)c1. The normalized spacial score (nSPS) is 20.8. The van der Waals surface area contributed by atoms with E-state index in [2.05, 4.69) is 133 Å². The highest BCUT2D eigenvalue weighted by molar-refractivity contribution is 8.33. The average Bonchev–Trinajstić information content (AvgIpc) is 3.40. The first-order valence-electron chi connectivity index (χ1n) is 19.8. The molecule has 52 heavy (non-hydrogen) atoms. The predicted octanol–water partition coefficient (Wildman–Crippen LogP) is 13.4. The minimum absolute atomic E-state index is 0.0836. The van der Waals surface area contributed by atoms with E-state index < -0.39 is 31.3 Å². The number of rotatable bonds is 13. The van der Waals surface area contributed by atoms with Crippen molar-refractivity contribution < 1.29 is 16.8 Å². The molecule has 2 aliphatic carbocycles. The molecule has 2 atom stereocenters. The second kappa shape index (κ2) is 14.7. The van der Waals surface area contributed by atoms with Gasteiger partial charge >= 0.3 is 0 Å². The van der Waals surface area contributed by atoms with Crippen molar-refractivity contribution in [3.05, 3.63) is 88.0 Å². The molecule has 3 aromatic carbocycles. The standard InChI is InChI=1S/C46H66O4S2/c1-28(2)34-22-38(30(5)6)43(39(23-34)31(7)8)52(37-18-16-15-17-19-37,44-40(32(9)10)24-35(29(3)4)25-41(44)33(11)12)50-51(48,49)27-46-21-20-36(26-42(46)47)45(46,13)14/h15-19,22-25,28-33,36H,20-21,26-27H2,1-14H3. The van der Waals surface area contributed by atoms with Crippen molar-refractivity contribution >= 4 is 26.2 Å². The molecule has 0 amide bonds. The van der Waals surface area contributed by atoms with Crippen LogP contribution in [0.15, 0.2) is 69.3 Å². The fourth-order valence-corrected chi connectivity index (χ4v) is 16.4. The summed E-state index contributed by atoms with van der Waals surface area (Å²) in [6.45, 7) is 30.9. The van der Waals surface area contributed by atoms with Gasteiger partial charge in [0.25, 0.3) is 10.1 Å². The number of fused-ring (bicyclic) bond motifs is 2. The van der Waals surface area contributed by atoms with Crippen molar-refractivity contribution in [1.29, 1.82) is 0 Å². The van der Waals surface area contributed by atoms with Crippen LogP contribution in [0.25, 0.3) is 0 Å². The van der Waals surface area contributed by atoms with Crippen molar-refractivity contribution in [3.8, 4) is 0 Å². The molecule has 0 heterocycles. The Labute approximate surface area is 318 Å². The summed E-state index contributed by atoms with van der Waals surface area (Å²) in [4.78, 5) is 16.8. The van der Waals surface area contributed by atoms with Crippen molar-refractivity contribution in [2.24, 2.45) is 16.7 Å². The van der Waals surface area contributed by atoms with Crippen LogP contribution in [0.5, 0.6) is 0 Å². The van der Waals surface area contributed by atoms with Gasteiger partial charge in [-0.05, 0) is 116 Å². The number of ketones is 1. The number of hydrogen-bond acceptors (Lipinski definition) is 4. The minimum Gasteiger partial charge on any atom is -0.299 e. The molecule has 5 rings (SSSR count). The number of Topliss-reactive ketones (excluding diaryl/α,β-unsaturated/α-hetero) is 1. The van der Waals surface area contributed by atoms with E-state index in [0.717, 1.165) is 43.4 Å². The average molecular weight is 747 g/mol. The van der Waals surface area contributed by atoms with Gasteiger partial charge in [-0.1, -0.05) is 139 Å². The Hall–Kier alpha value is -2.41. The number of hydrogen-bond donors (Lipinski definition) is 0. The van der Waals surface area contributed by atoms with Crippen LogP contribution < -0.4 is 0 Å². The van der Waals surface area contributed by atoms with Crippen LogP contribution in [0.4, 0.5) is 0 Å². The van der Waals surface area contributed by atoms with E-state index >= 15 is 8.42 Å². The van der Waals surface area contributed by atoms with E-state index in [4.69, 9.17) is 3.63 Å². The molecule has 2 saturated carbocycles. The molecule has 4 nitrogen and oxygen atoms in total. The highest BCUT2D eigenvalue weighted by atomic mass is 32.3. The highest BCUT2D eigenvalue weighted by Crippen LogP contribution is 2.76. The molecule has 2 bridgehead atoms. The van der Waals surface area contributed by atoms with E-state index in [0.29, 0.717) is 24.7 Å². The third-order valence-corrected chi connectivity index (χ3v) is 18.1. The van der Waals surface area contributed by atoms with Crippen LogP contribution in [-0.2, 0) is 18.5 Å². The van der Waals surface area contributed by atoms with E-state index in [1.165, 1.54) is 11.1 Å². The van der Waals surface area contributed by atoms with Crippen LogP contribution in [0, 0.1) is 16.7 Å². The van der Waals surface area contributed by atoms with Crippen molar-refractivity contribution in [2.75, 3.05) is 5.75 Å². The van der Waals surface area contributed by atoms with E-state index in [1.807, 2.05) is 18.2 Å². The Morgan fingerprint density at radius 3 is 1.37 bits per heavy atom. The summed E-state index contributed by atoms with van der Waals surface area (Å²) in [7, 11) is -7.32. The van der Waals surface area contributed by atoms with Crippen molar-refractivity contribution in [2.45, 2.75) is 166 Å². The molecule has 0 spiro atoms. The fraction of sp³-hybridized carbons (Fsp3) is 0.587. The van der Waals surface area contributed by atoms with Gasteiger partial charge in [0.1, 0.15) is 5.78 Å². The molecular weight excluding hydrogens is 681 g/mol. The summed E-state index contributed by atoms with van der Waals surface area (Å²) >= 11 is 0. The Bertz CT molecular complexity index is 1770. The van der Waals surface area contributed by atoms with Crippen LogP contribution in [-0.4, -0.2) is 20.0 Å². The Kier molecular flexibility index (Phi) is 11.5. The molecular formula is C46H66O4S2. The van der Waals surface area contributed by atoms with Gasteiger partial charge in [0, 0.05) is 21.1 Å². The minimum atomic E-state index is -4.32.